The van der Waals surface area contributed by atoms with Crippen LogP contribution < -0.4 is 10.2 Å². The van der Waals surface area contributed by atoms with Crippen LogP contribution in [0.3, 0.4) is 0 Å². The maximum atomic E-state index is 13.4. The Kier molecular flexibility index (Phi) is 5.10. The van der Waals surface area contributed by atoms with E-state index in [1.54, 1.807) is 30.7 Å². The molecule has 4 heterocycles. The topological polar surface area (TPSA) is 91.2 Å². The van der Waals surface area contributed by atoms with E-state index in [9.17, 15) is 13.6 Å². The summed E-state index contributed by atoms with van der Waals surface area (Å²) in [6, 6.07) is 5.14. The molecule has 0 unspecified atom stereocenters. The third-order valence-corrected chi connectivity index (χ3v) is 5.58. The van der Waals surface area contributed by atoms with E-state index in [2.05, 4.69) is 20.3 Å². The Morgan fingerprint density at radius 2 is 1.97 bits per heavy atom. The Balaban J connectivity index is 1.48. The molecule has 0 atom stereocenters. The Labute approximate surface area is 169 Å². The number of pyridine rings is 2. The monoisotopic (exact) mass is 417 g/mol. The number of anilines is 3. The van der Waals surface area contributed by atoms with E-state index in [-0.39, 0.29) is 18.4 Å². The summed E-state index contributed by atoms with van der Waals surface area (Å²) >= 11 is 1.33. The number of nitrogens with one attached hydrogen (secondary N) is 1. The average molecular weight is 417 g/mol. The molecule has 0 aliphatic carbocycles. The molecule has 3 aromatic rings. The molecule has 3 aromatic heterocycles. The van der Waals surface area contributed by atoms with Crippen LogP contribution in [0.2, 0.25) is 0 Å². The molecular weight excluding hydrogens is 400 g/mol. The predicted molar refractivity (Wildman–Crippen MR) is 106 cm³/mol. The van der Waals surface area contributed by atoms with Crippen LogP contribution >= 0.6 is 11.3 Å². The Hall–Kier alpha value is -3.14. The number of carboxylic acids is 1. The summed E-state index contributed by atoms with van der Waals surface area (Å²) in [6.45, 7) is 0.593. The standard InChI is InChI=1S/C19H17F2N5O2S/c20-19(21)2-5-26(6-3-19)14-1-4-23-16(8-14)25-18-24-11-15(29-18)12-7-13(17(27)28)10-22-9-12/h1,4,7-11H,2-3,5-6H2,(H,27,28)(H,23,24,25). The van der Waals surface area contributed by atoms with E-state index in [0.29, 0.717) is 29.6 Å². The van der Waals surface area contributed by atoms with Gasteiger partial charge in [0.1, 0.15) is 5.82 Å². The van der Waals surface area contributed by atoms with Crippen LogP contribution in [0.1, 0.15) is 23.2 Å². The fourth-order valence-electron chi connectivity index (χ4n) is 3.04. The molecule has 1 fully saturated rings. The second kappa shape index (κ2) is 7.70. The van der Waals surface area contributed by atoms with Crippen LogP contribution in [0.5, 0.6) is 0 Å². The highest BCUT2D eigenvalue weighted by molar-refractivity contribution is 7.18. The molecular formula is C19H17F2N5O2S. The van der Waals surface area contributed by atoms with Gasteiger partial charge in [0, 0.05) is 68.0 Å². The van der Waals surface area contributed by atoms with Crippen molar-refractivity contribution in [3.63, 3.8) is 0 Å². The lowest BCUT2D eigenvalue weighted by Gasteiger charge is -2.33. The fourth-order valence-corrected chi connectivity index (χ4v) is 3.85. The first kappa shape index (κ1) is 19.2. The number of aromatic nitrogens is 3. The number of thiazole rings is 1. The molecule has 0 spiro atoms. The van der Waals surface area contributed by atoms with Gasteiger partial charge in [-0.3, -0.25) is 4.98 Å². The van der Waals surface area contributed by atoms with Crippen LogP contribution in [-0.4, -0.2) is 45.0 Å². The Morgan fingerprint density at radius 1 is 1.17 bits per heavy atom. The number of aromatic carboxylic acids is 1. The van der Waals surface area contributed by atoms with Gasteiger partial charge in [-0.1, -0.05) is 11.3 Å². The van der Waals surface area contributed by atoms with Crippen molar-refractivity contribution in [2.24, 2.45) is 0 Å². The van der Waals surface area contributed by atoms with Crippen molar-refractivity contribution in [3.8, 4) is 10.4 Å². The van der Waals surface area contributed by atoms with Crippen molar-refractivity contribution >= 4 is 33.9 Å². The number of rotatable bonds is 5. The summed E-state index contributed by atoms with van der Waals surface area (Å²) in [6.07, 6.45) is 5.81. The predicted octanol–water partition coefficient (Wildman–Crippen LogP) is 4.28. The Morgan fingerprint density at radius 3 is 2.72 bits per heavy atom. The van der Waals surface area contributed by atoms with Crippen LogP contribution in [0.4, 0.5) is 25.4 Å². The normalized spacial score (nSPS) is 15.9. The molecule has 1 saturated heterocycles. The minimum atomic E-state index is -2.59. The minimum Gasteiger partial charge on any atom is -0.478 e. The van der Waals surface area contributed by atoms with Gasteiger partial charge in [-0.2, -0.15) is 0 Å². The Bertz CT molecular complexity index is 1030. The fraction of sp³-hybridized carbons (Fsp3) is 0.263. The summed E-state index contributed by atoms with van der Waals surface area (Å²) in [4.78, 5) is 26.3. The van der Waals surface area contributed by atoms with E-state index in [1.165, 1.54) is 23.6 Å². The number of halogens is 2. The molecule has 0 bridgehead atoms. The average Bonchev–Trinajstić information content (AvgIpc) is 3.17. The zero-order valence-electron chi connectivity index (χ0n) is 15.2. The van der Waals surface area contributed by atoms with Gasteiger partial charge in [0.25, 0.3) is 5.92 Å². The van der Waals surface area contributed by atoms with E-state index in [0.717, 1.165) is 10.6 Å². The molecule has 0 saturated carbocycles. The maximum absolute atomic E-state index is 13.4. The van der Waals surface area contributed by atoms with Gasteiger partial charge in [-0.15, -0.1) is 0 Å². The zero-order valence-corrected chi connectivity index (χ0v) is 16.0. The molecule has 0 radical (unpaired) electrons. The first-order valence-corrected chi connectivity index (χ1v) is 9.72. The van der Waals surface area contributed by atoms with Crippen molar-refractivity contribution in [2.45, 2.75) is 18.8 Å². The molecule has 0 aromatic carbocycles. The van der Waals surface area contributed by atoms with Gasteiger partial charge in [-0.25, -0.2) is 23.5 Å². The molecule has 7 nitrogen and oxygen atoms in total. The molecule has 4 rings (SSSR count). The molecule has 150 valence electrons. The quantitative estimate of drug-likeness (QED) is 0.640. The first-order valence-electron chi connectivity index (χ1n) is 8.90. The summed E-state index contributed by atoms with van der Waals surface area (Å²) < 4.78 is 26.8. The van der Waals surface area contributed by atoms with E-state index in [1.807, 2.05) is 4.90 Å². The number of nitrogens with zero attached hydrogens (tertiary/aromatic N) is 4. The molecule has 10 heteroatoms. The van der Waals surface area contributed by atoms with Crippen molar-refractivity contribution in [1.29, 1.82) is 0 Å². The van der Waals surface area contributed by atoms with Gasteiger partial charge < -0.3 is 15.3 Å². The van der Waals surface area contributed by atoms with Crippen molar-refractivity contribution in [3.05, 3.63) is 48.5 Å². The highest BCUT2D eigenvalue weighted by Gasteiger charge is 2.34. The van der Waals surface area contributed by atoms with Gasteiger partial charge >= 0.3 is 5.97 Å². The highest BCUT2D eigenvalue weighted by atomic mass is 32.1. The highest BCUT2D eigenvalue weighted by Crippen LogP contribution is 2.33. The third kappa shape index (κ3) is 4.48. The largest absolute Gasteiger partial charge is 0.478 e. The lowest BCUT2D eigenvalue weighted by atomic mass is 10.1. The van der Waals surface area contributed by atoms with E-state index < -0.39 is 11.9 Å². The number of carbonyl (C=O) groups is 1. The number of hydrogen-bond donors (Lipinski definition) is 2. The minimum absolute atomic E-state index is 0.104. The summed E-state index contributed by atoms with van der Waals surface area (Å²) in [5.41, 5.74) is 1.59. The molecule has 1 aliphatic rings. The molecule has 2 N–H and O–H groups in total. The van der Waals surface area contributed by atoms with Crippen LogP contribution in [0.15, 0.2) is 43.0 Å². The van der Waals surface area contributed by atoms with Crippen molar-refractivity contribution < 1.29 is 18.7 Å². The number of carboxylic acid groups (broad SMARTS) is 1. The van der Waals surface area contributed by atoms with Crippen LogP contribution in [-0.2, 0) is 0 Å². The first-order chi connectivity index (χ1) is 13.9. The van der Waals surface area contributed by atoms with Crippen LogP contribution in [0, 0.1) is 0 Å². The van der Waals surface area contributed by atoms with Gasteiger partial charge in [0.15, 0.2) is 5.13 Å². The molecule has 1 aliphatic heterocycles. The number of alkyl halides is 2. The second-order valence-electron chi connectivity index (χ2n) is 6.66. The van der Waals surface area contributed by atoms with Gasteiger partial charge in [0.05, 0.1) is 10.4 Å². The van der Waals surface area contributed by atoms with E-state index >= 15 is 0 Å². The SMILES string of the molecule is O=C(O)c1cncc(-c2cnc(Nc3cc(N4CCC(F)(F)CC4)ccn3)s2)c1. The summed E-state index contributed by atoms with van der Waals surface area (Å²) in [5.74, 6) is -3.08. The van der Waals surface area contributed by atoms with Crippen LogP contribution in [0.25, 0.3) is 10.4 Å². The van der Waals surface area contributed by atoms with Crippen molar-refractivity contribution in [1.82, 2.24) is 15.0 Å². The second-order valence-corrected chi connectivity index (χ2v) is 7.70. The number of hydrogen-bond acceptors (Lipinski definition) is 7. The summed E-state index contributed by atoms with van der Waals surface area (Å²) in [7, 11) is 0. The number of piperidine rings is 1. The van der Waals surface area contributed by atoms with Gasteiger partial charge in [-0.05, 0) is 12.1 Å². The third-order valence-electron chi connectivity index (χ3n) is 4.61. The van der Waals surface area contributed by atoms with E-state index in [4.69, 9.17) is 5.11 Å². The van der Waals surface area contributed by atoms with Gasteiger partial charge in [0.2, 0.25) is 0 Å². The zero-order chi connectivity index (χ0) is 20.4. The summed E-state index contributed by atoms with van der Waals surface area (Å²) in [5, 5.41) is 12.8. The molecule has 0 amide bonds. The van der Waals surface area contributed by atoms with Crippen molar-refractivity contribution in [2.75, 3.05) is 23.3 Å². The lowest BCUT2D eigenvalue weighted by molar-refractivity contribution is -0.0220. The molecule has 29 heavy (non-hydrogen) atoms. The maximum Gasteiger partial charge on any atom is 0.337 e. The lowest BCUT2D eigenvalue weighted by Crippen LogP contribution is -2.39. The smallest absolute Gasteiger partial charge is 0.337 e.